The molecule has 1 amide bonds. The number of likely N-dealkylation sites (tertiary alicyclic amines) is 1. The zero-order valence-corrected chi connectivity index (χ0v) is 18.4. The van der Waals surface area contributed by atoms with E-state index in [1.54, 1.807) is 0 Å². The van der Waals surface area contributed by atoms with E-state index in [-0.39, 0.29) is 5.91 Å². The molecule has 2 N–H and O–H groups in total. The molecule has 0 bridgehead atoms. The number of fused-ring (bicyclic) bond motifs is 1. The van der Waals surface area contributed by atoms with Crippen LogP contribution >= 0.6 is 0 Å². The van der Waals surface area contributed by atoms with Gasteiger partial charge in [-0.2, -0.15) is 0 Å². The summed E-state index contributed by atoms with van der Waals surface area (Å²) in [7, 11) is 0. The molecule has 4 rings (SSSR count). The summed E-state index contributed by atoms with van der Waals surface area (Å²) < 4.78 is 1.94. The number of rotatable bonds is 6. The smallest absolute Gasteiger partial charge is 0.255 e. The van der Waals surface area contributed by atoms with Gasteiger partial charge in [0.15, 0.2) is 0 Å². The number of nitrogens with one attached hydrogen (secondary N) is 1. The summed E-state index contributed by atoms with van der Waals surface area (Å²) in [4.78, 5) is 19.9. The van der Waals surface area contributed by atoms with Gasteiger partial charge < -0.3 is 19.7 Å². The lowest BCUT2D eigenvalue weighted by Gasteiger charge is -2.40. The fraction of sp³-hybridized carbons (Fsp3) is 0.667. The lowest BCUT2D eigenvalue weighted by molar-refractivity contribution is -0.0325. The molecule has 1 saturated heterocycles. The monoisotopic (exact) mass is 412 g/mol. The van der Waals surface area contributed by atoms with Crippen molar-refractivity contribution in [3.05, 3.63) is 35.8 Å². The molecule has 0 spiro atoms. The Balaban J connectivity index is 1.28. The summed E-state index contributed by atoms with van der Waals surface area (Å²) in [5.74, 6) is 0.787. The Kier molecular flexibility index (Phi) is 6.44. The molecule has 30 heavy (non-hydrogen) atoms. The molecular weight excluding hydrogens is 376 g/mol. The van der Waals surface area contributed by atoms with Crippen LogP contribution in [0.3, 0.4) is 0 Å². The normalized spacial score (nSPS) is 20.7. The van der Waals surface area contributed by atoms with Gasteiger partial charge in [0, 0.05) is 25.5 Å². The summed E-state index contributed by atoms with van der Waals surface area (Å²) in [6.07, 6.45) is 11.6. The fourth-order valence-corrected chi connectivity index (χ4v) is 4.95. The number of aromatic nitrogens is 2. The summed E-state index contributed by atoms with van der Waals surface area (Å²) in [5, 5.41) is 14.0. The van der Waals surface area contributed by atoms with Crippen molar-refractivity contribution in [2.75, 3.05) is 26.2 Å². The maximum Gasteiger partial charge on any atom is 0.255 e. The molecule has 1 saturated carbocycles. The van der Waals surface area contributed by atoms with Crippen molar-refractivity contribution in [3.8, 4) is 0 Å². The number of carbonyl (C=O) groups is 1. The SMILES string of the molecule is CC(C)c1cn2cccc(C(=O)NCC3CCN(CC4(O)CCCCC4)CC3)c2n1. The molecule has 2 aliphatic rings. The predicted octanol–water partition coefficient (Wildman–Crippen LogP) is 3.59. The van der Waals surface area contributed by atoms with E-state index < -0.39 is 5.60 Å². The Morgan fingerprint density at radius 3 is 2.70 bits per heavy atom. The largest absolute Gasteiger partial charge is 0.389 e. The number of hydrogen-bond acceptors (Lipinski definition) is 4. The third-order valence-electron chi connectivity index (χ3n) is 6.90. The molecule has 6 nitrogen and oxygen atoms in total. The van der Waals surface area contributed by atoms with Crippen LogP contribution < -0.4 is 5.32 Å². The summed E-state index contributed by atoms with van der Waals surface area (Å²) in [6.45, 7) is 7.76. The quantitative estimate of drug-likeness (QED) is 0.761. The minimum absolute atomic E-state index is 0.0412. The summed E-state index contributed by atoms with van der Waals surface area (Å²) in [6, 6.07) is 3.76. The third-order valence-corrected chi connectivity index (χ3v) is 6.90. The molecular formula is C24H36N4O2. The Morgan fingerprint density at radius 1 is 1.27 bits per heavy atom. The van der Waals surface area contributed by atoms with E-state index in [0.717, 1.165) is 69.5 Å². The minimum atomic E-state index is -0.475. The molecule has 0 aromatic carbocycles. The molecule has 0 atom stereocenters. The first-order valence-corrected chi connectivity index (χ1v) is 11.6. The third kappa shape index (κ3) is 4.86. The van der Waals surface area contributed by atoms with Gasteiger partial charge in [-0.25, -0.2) is 4.98 Å². The Hall–Kier alpha value is -1.92. The predicted molar refractivity (Wildman–Crippen MR) is 119 cm³/mol. The summed E-state index contributed by atoms with van der Waals surface area (Å²) in [5.41, 5.74) is 1.90. The number of imidazole rings is 1. The van der Waals surface area contributed by atoms with Gasteiger partial charge in [0.1, 0.15) is 5.65 Å². The van der Waals surface area contributed by atoms with Crippen LogP contribution in [0.4, 0.5) is 0 Å². The molecule has 2 fully saturated rings. The van der Waals surface area contributed by atoms with Crippen molar-refractivity contribution < 1.29 is 9.90 Å². The average Bonchev–Trinajstić information content (AvgIpc) is 3.18. The van der Waals surface area contributed by atoms with E-state index in [1.807, 2.05) is 28.9 Å². The first kappa shape index (κ1) is 21.3. The number of amides is 1. The van der Waals surface area contributed by atoms with E-state index in [1.165, 1.54) is 6.42 Å². The van der Waals surface area contributed by atoms with E-state index in [0.29, 0.717) is 23.9 Å². The van der Waals surface area contributed by atoms with Crippen molar-refractivity contribution >= 4 is 11.6 Å². The van der Waals surface area contributed by atoms with E-state index in [2.05, 4.69) is 29.0 Å². The lowest BCUT2D eigenvalue weighted by Crippen LogP contribution is -2.48. The van der Waals surface area contributed by atoms with Crippen molar-refractivity contribution in [1.29, 1.82) is 0 Å². The average molecular weight is 413 g/mol. The van der Waals surface area contributed by atoms with Gasteiger partial charge in [-0.1, -0.05) is 33.1 Å². The van der Waals surface area contributed by atoms with Gasteiger partial charge in [-0.05, 0) is 62.7 Å². The van der Waals surface area contributed by atoms with Crippen molar-refractivity contribution in [2.24, 2.45) is 5.92 Å². The number of carbonyl (C=O) groups excluding carboxylic acids is 1. The highest BCUT2D eigenvalue weighted by Crippen LogP contribution is 2.30. The van der Waals surface area contributed by atoms with Crippen LogP contribution in [0.2, 0.25) is 0 Å². The van der Waals surface area contributed by atoms with Crippen molar-refractivity contribution in [2.45, 2.75) is 70.3 Å². The fourth-order valence-electron chi connectivity index (χ4n) is 4.95. The van der Waals surface area contributed by atoms with E-state index >= 15 is 0 Å². The van der Waals surface area contributed by atoms with Crippen LogP contribution in [0.25, 0.3) is 5.65 Å². The second kappa shape index (κ2) is 9.06. The van der Waals surface area contributed by atoms with Gasteiger partial charge in [0.25, 0.3) is 5.91 Å². The number of β-amino-alcohol motifs (C(OH)–C–C–N with tert-alkyl or cyclic N) is 1. The van der Waals surface area contributed by atoms with Crippen LogP contribution in [0.15, 0.2) is 24.5 Å². The van der Waals surface area contributed by atoms with Crippen molar-refractivity contribution in [1.82, 2.24) is 19.6 Å². The zero-order chi connectivity index (χ0) is 21.1. The number of nitrogens with zero attached hydrogens (tertiary/aromatic N) is 3. The highest BCUT2D eigenvalue weighted by atomic mass is 16.3. The van der Waals surface area contributed by atoms with Crippen LogP contribution in [0.5, 0.6) is 0 Å². The molecule has 1 aliphatic heterocycles. The van der Waals surface area contributed by atoms with Gasteiger partial charge in [0.05, 0.1) is 16.9 Å². The van der Waals surface area contributed by atoms with Gasteiger partial charge in [-0.15, -0.1) is 0 Å². The topological polar surface area (TPSA) is 69.9 Å². The second-order valence-corrected chi connectivity index (χ2v) is 9.69. The maximum atomic E-state index is 12.8. The highest BCUT2D eigenvalue weighted by molar-refractivity contribution is 5.99. The standard InChI is InChI=1S/C24H36N4O2/c1-18(2)21-16-28-12-6-7-20(22(28)26-21)23(29)25-15-19-8-13-27(14-9-19)17-24(30)10-4-3-5-11-24/h6-7,12,16,18-19,30H,3-5,8-11,13-15,17H2,1-2H3,(H,25,29). The Bertz CT molecular complexity index is 861. The van der Waals surface area contributed by atoms with Gasteiger partial charge >= 0.3 is 0 Å². The highest BCUT2D eigenvalue weighted by Gasteiger charge is 2.32. The van der Waals surface area contributed by atoms with Crippen LogP contribution in [-0.4, -0.2) is 57.1 Å². The maximum absolute atomic E-state index is 12.8. The van der Waals surface area contributed by atoms with Crippen LogP contribution in [0.1, 0.15) is 80.8 Å². The first-order valence-electron chi connectivity index (χ1n) is 11.6. The molecule has 1 aliphatic carbocycles. The lowest BCUT2D eigenvalue weighted by atomic mass is 9.84. The molecule has 6 heteroatoms. The zero-order valence-electron chi connectivity index (χ0n) is 18.4. The van der Waals surface area contributed by atoms with Gasteiger partial charge in [0.2, 0.25) is 0 Å². The molecule has 0 unspecified atom stereocenters. The van der Waals surface area contributed by atoms with Crippen LogP contribution in [0, 0.1) is 5.92 Å². The number of piperidine rings is 1. The number of aliphatic hydroxyl groups is 1. The molecule has 2 aromatic heterocycles. The molecule has 164 valence electrons. The molecule has 0 radical (unpaired) electrons. The second-order valence-electron chi connectivity index (χ2n) is 9.69. The number of pyridine rings is 1. The van der Waals surface area contributed by atoms with Crippen LogP contribution in [-0.2, 0) is 0 Å². The van der Waals surface area contributed by atoms with E-state index in [4.69, 9.17) is 0 Å². The first-order chi connectivity index (χ1) is 14.4. The van der Waals surface area contributed by atoms with Crippen molar-refractivity contribution in [3.63, 3.8) is 0 Å². The minimum Gasteiger partial charge on any atom is -0.389 e. The van der Waals surface area contributed by atoms with Gasteiger partial charge in [-0.3, -0.25) is 4.79 Å². The molecule has 3 heterocycles. The molecule has 2 aromatic rings. The Labute approximate surface area is 179 Å². The summed E-state index contributed by atoms with van der Waals surface area (Å²) >= 11 is 0. The Morgan fingerprint density at radius 2 is 2.00 bits per heavy atom. The van der Waals surface area contributed by atoms with E-state index in [9.17, 15) is 9.90 Å². The number of hydrogen-bond donors (Lipinski definition) is 2.